The molecule has 0 amide bonds. The minimum atomic E-state index is -0.342. The topological polar surface area (TPSA) is 79.9 Å². The van der Waals surface area contributed by atoms with Crippen molar-refractivity contribution in [3.05, 3.63) is 0 Å². The van der Waals surface area contributed by atoms with Crippen molar-refractivity contribution < 1.29 is 9.94 Å². The van der Waals surface area contributed by atoms with Gasteiger partial charge in [0, 0.05) is 6.54 Å². The monoisotopic (exact) mass is 257 g/mol. The average molecular weight is 257 g/mol. The molecule has 0 bridgehead atoms. The van der Waals surface area contributed by atoms with Crippen LogP contribution in [0.3, 0.4) is 0 Å². The first-order chi connectivity index (χ1) is 8.25. The predicted molar refractivity (Wildman–Crippen MR) is 72.7 cm³/mol. The van der Waals surface area contributed by atoms with Gasteiger partial charge in [-0.15, -0.1) is 0 Å². The zero-order valence-corrected chi connectivity index (χ0v) is 12.2. The van der Waals surface area contributed by atoms with Crippen LogP contribution in [0.15, 0.2) is 5.16 Å². The average Bonchev–Trinajstić information content (AvgIpc) is 2.69. The van der Waals surface area contributed by atoms with Crippen molar-refractivity contribution in [2.75, 3.05) is 19.7 Å². The van der Waals surface area contributed by atoms with E-state index >= 15 is 0 Å². The Bertz CT molecular complexity index is 299. The summed E-state index contributed by atoms with van der Waals surface area (Å²) in [5, 5.41) is 14.8. The molecular weight excluding hydrogens is 230 g/mol. The van der Waals surface area contributed by atoms with Crippen molar-refractivity contribution >= 4 is 5.84 Å². The molecule has 0 aliphatic heterocycles. The van der Waals surface area contributed by atoms with E-state index < -0.39 is 0 Å². The molecule has 1 unspecified atom stereocenters. The van der Waals surface area contributed by atoms with Gasteiger partial charge in [0.1, 0.15) is 6.10 Å². The smallest absolute Gasteiger partial charge is 0.168 e. The number of nitrogens with one attached hydrogen (secondary N) is 1. The third-order valence-electron chi connectivity index (χ3n) is 4.85. The SMILES string of the molecule is CC(OCCNCC1C(C)(C)C1(C)C)C(N)=NO. The van der Waals surface area contributed by atoms with Crippen LogP contribution in [0.5, 0.6) is 0 Å². The van der Waals surface area contributed by atoms with Gasteiger partial charge in [-0.3, -0.25) is 0 Å². The second-order valence-corrected chi connectivity index (χ2v) is 6.24. The number of amidine groups is 1. The molecule has 5 heteroatoms. The van der Waals surface area contributed by atoms with E-state index in [2.05, 4.69) is 38.2 Å². The van der Waals surface area contributed by atoms with E-state index in [-0.39, 0.29) is 11.9 Å². The second kappa shape index (κ2) is 5.45. The number of nitrogens with two attached hydrogens (primary N) is 1. The summed E-state index contributed by atoms with van der Waals surface area (Å²) in [6.07, 6.45) is -0.342. The first kappa shape index (κ1) is 15.2. The molecular formula is C13H27N3O2. The van der Waals surface area contributed by atoms with Crippen molar-refractivity contribution in [2.45, 2.75) is 40.7 Å². The number of oxime groups is 1. The fourth-order valence-corrected chi connectivity index (χ4v) is 2.56. The third-order valence-corrected chi connectivity index (χ3v) is 4.85. The molecule has 106 valence electrons. The van der Waals surface area contributed by atoms with E-state index in [1.807, 2.05) is 0 Å². The summed E-state index contributed by atoms with van der Waals surface area (Å²) in [5.41, 5.74) is 6.25. The third kappa shape index (κ3) is 2.95. The van der Waals surface area contributed by atoms with Crippen LogP contribution in [0.4, 0.5) is 0 Å². The fourth-order valence-electron chi connectivity index (χ4n) is 2.56. The molecule has 0 spiro atoms. The van der Waals surface area contributed by atoms with Crippen molar-refractivity contribution in [3.8, 4) is 0 Å². The van der Waals surface area contributed by atoms with Gasteiger partial charge >= 0.3 is 0 Å². The summed E-state index contributed by atoms with van der Waals surface area (Å²) >= 11 is 0. The molecule has 0 aromatic carbocycles. The number of ether oxygens (including phenoxy) is 1. The number of hydrogen-bond donors (Lipinski definition) is 3. The highest BCUT2D eigenvalue weighted by Gasteiger charge is 2.63. The Hall–Kier alpha value is -0.810. The van der Waals surface area contributed by atoms with E-state index in [9.17, 15) is 0 Å². The van der Waals surface area contributed by atoms with Crippen molar-refractivity contribution in [1.29, 1.82) is 0 Å². The van der Waals surface area contributed by atoms with Gasteiger partial charge in [0.2, 0.25) is 0 Å². The first-order valence-corrected chi connectivity index (χ1v) is 6.55. The molecule has 18 heavy (non-hydrogen) atoms. The van der Waals surface area contributed by atoms with Crippen molar-refractivity contribution in [3.63, 3.8) is 0 Å². The maximum atomic E-state index is 8.47. The summed E-state index contributed by atoms with van der Waals surface area (Å²) in [6, 6.07) is 0. The van der Waals surface area contributed by atoms with Crippen LogP contribution in [0.2, 0.25) is 0 Å². The number of nitrogens with zero attached hydrogens (tertiary/aromatic N) is 1. The van der Waals surface area contributed by atoms with Gasteiger partial charge in [-0.25, -0.2) is 0 Å². The largest absolute Gasteiger partial charge is 0.409 e. The molecule has 0 aromatic heterocycles. The summed E-state index contributed by atoms with van der Waals surface area (Å²) < 4.78 is 5.42. The minimum Gasteiger partial charge on any atom is -0.409 e. The maximum Gasteiger partial charge on any atom is 0.168 e. The van der Waals surface area contributed by atoms with Gasteiger partial charge in [-0.05, 0) is 30.2 Å². The molecule has 0 saturated heterocycles. The highest BCUT2D eigenvalue weighted by atomic mass is 16.5. The molecule has 1 aliphatic carbocycles. The molecule has 0 aromatic rings. The van der Waals surface area contributed by atoms with Crippen LogP contribution >= 0.6 is 0 Å². The zero-order valence-electron chi connectivity index (χ0n) is 12.2. The van der Waals surface area contributed by atoms with E-state index in [0.29, 0.717) is 23.4 Å². The second-order valence-electron chi connectivity index (χ2n) is 6.24. The van der Waals surface area contributed by atoms with Gasteiger partial charge in [-0.1, -0.05) is 32.9 Å². The van der Waals surface area contributed by atoms with Crippen molar-refractivity contribution in [2.24, 2.45) is 27.6 Å². The lowest BCUT2D eigenvalue weighted by molar-refractivity contribution is 0.107. The summed E-state index contributed by atoms with van der Waals surface area (Å²) in [6.45, 7) is 13.4. The standard InChI is InChI=1S/C13H27N3O2/c1-9(11(14)16-17)18-7-6-15-8-10-12(2,3)13(10,4)5/h9-10,15,17H,6-8H2,1-5H3,(H2,14,16). The molecule has 1 fully saturated rings. The Balaban J connectivity index is 2.11. The lowest BCUT2D eigenvalue weighted by Gasteiger charge is -2.12. The summed E-state index contributed by atoms with van der Waals surface area (Å²) in [4.78, 5) is 0. The van der Waals surface area contributed by atoms with Crippen LogP contribution in [-0.4, -0.2) is 36.8 Å². The van der Waals surface area contributed by atoms with E-state index in [4.69, 9.17) is 15.7 Å². The molecule has 0 radical (unpaired) electrons. The Kier molecular flexibility index (Phi) is 4.61. The predicted octanol–water partition coefficient (Wildman–Crippen LogP) is 1.41. The van der Waals surface area contributed by atoms with Crippen LogP contribution < -0.4 is 11.1 Å². The maximum absolute atomic E-state index is 8.47. The van der Waals surface area contributed by atoms with Crippen LogP contribution in [0.25, 0.3) is 0 Å². The molecule has 1 atom stereocenters. The minimum absolute atomic E-state index is 0.111. The highest BCUT2D eigenvalue weighted by molar-refractivity contribution is 5.83. The Morgan fingerprint density at radius 3 is 2.39 bits per heavy atom. The zero-order chi connectivity index (χ0) is 14.0. The molecule has 5 nitrogen and oxygen atoms in total. The van der Waals surface area contributed by atoms with Gasteiger partial charge in [0.25, 0.3) is 0 Å². The molecule has 1 saturated carbocycles. The number of rotatable bonds is 7. The lowest BCUT2D eigenvalue weighted by Crippen LogP contribution is -2.32. The Morgan fingerprint density at radius 2 is 1.94 bits per heavy atom. The van der Waals surface area contributed by atoms with Gasteiger partial charge in [0.15, 0.2) is 5.84 Å². The van der Waals surface area contributed by atoms with Gasteiger partial charge in [-0.2, -0.15) is 0 Å². The molecule has 0 heterocycles. The normalized spacial score (nSPS) is 23.9. The van der Waals surface area contributed by atoms with Gasteiger partial charge in [0.05, 0.1) is 6.61 Å². The lowest BCUT2D eigenvalue weighted by atomic mass is 10.0. The number of hydrogen-bond acceptors (Lipinski definition) is 4. The van der Waals surface area contributed by atoms with E-state index in [0.717, 1.165) is 13.1 Å². The van der Waals surface area contributed by atoms with E-state index in [1.54, 1.807) is 6.92 Å². The van der Waals surface area contributed by atoms with E-state index in [1.165, 1.54) is 0 Å². The van der Waals surface area contributed by atoms with Crippen LogP contribution in [-0.2, 0) is 4.74 Å². The molecule has 1 aliphatic rings. The Labute approximate surface area is 110 Å². The van der Waals surface area contributed by atoms with Crippen LogP contribution in [0, 0.1) is 16.7 Å². The van der Waals surface area contributed by atoms with Crippen LogP contribution in [0.1, 0.15) is 34.6 Å². The first-order valence-electron chi connectivity index (χ1n) is 6.55. The highest BCUT2D eigenvalue weighted by Crippen LogP contribution is 2.67. The molecule has 1 rings (SSSR count). The summed E-state index contributed by atoms with van der Waals surface area (Å²) in [5.74, 6) is 0.825. The Morgan fingerprint density at radius 1 is 1.39 bits per heavy atom. The quantitative estimate of drug-likeness (QED) is 0.212. The molecule has 4 N–H and O–H groups in total. The fraction of sp³-hybridized carbons (Fsp3) is 0.923. The van der Waals surface area contributed by atoms with Crippen molar-refractivity contribution in [1.82, 2.24) is 5.32 Å². The summed E-state index contributed by atoms with van der Waals surface area (Å²) in [7, 11) is 0. The van der Waals surface area contributed by atoms with Gasteiger partial charge < -0.3 is 21.0 Å².